The van der Waals surface area contributed by atoms with Crippen molar-refractivity contribution in [2.45, 2.75) is 82.3 Å². The molecule has 0 spiro atoms. The second kappa shape index (κ2) is 12.1. The van der Waals surface area contributed by atoms with Crippen molar-refractivity contribution in [1.82, 2.24) is 0 Å². The normalized spacial score (nSPS) is 15.5. The van der Waals surface area contributed by atoms with E-state index in [-0.39, 0.29) is 42.3 Å². The molecule has 0 aliphatic rings. The van der Waals surface area contributed by atoms with Crippen molar-refractivity contribution in [2.24, 2.45) is 5.92 Å². The van der Waals surface area contributed by atoms with Crippen LogP contribution in [0, 0.1) is 5.92 Å². The topological polar surface area (TPSA) is 9.23 Å². The Hall–Kier alpha value is -1.66. The number of rotatable bonds is 7. The first kappa shape index (κ1) is 35.5. The van der Waals surface area contributed by atoms with Gasteiger partial charge in [-0.1, -0.05) is 34.6 Å². The molecule has 0 amide bonds. The van der Waals surface area contributed by atoms with E-state index in [1.54, 1.807) is 13.8 Å². The molecule has 41 heavy (non-hydrogen) atoms. The molecule has 0 saturated heterocycles. The zero-order valence-electron chi connectivity index (χ0n) is 22.5. The molecule has 0 heterocycles. The van der Waals surface area contributed by atoms with Crippen molar-refractivity contribution in [3.8, 4) is 0 Å². The molecule has 232 valence electrons. The van der Waals surface area contributed by atoms with E-state index in [0.29, 0.717) is 0 Å². The SMILES string of the molecule is CC(C)[C@@H](SC(C)(C)C)[C@H](C)OP(c1cc(C(F)(F)F)cc(C(F)(F)F)c1)c1cc(C(F)(F)F)cc(C(F)(F)F)c1. The Morgan fingerprint density at radius 3 is 1.07 bits per heavy atom. The fourth-order valence-electron chi connectivity index (χ4n) is 3.79. The summed E-state index contributed by atoms with van der Waals surface area (Å²) in [5, 5.41) is -2.17. The maximum atomic E-state index is 13.6. The average molecular weight is 647 g/mol. The number of benzene rings is 2. The van der Waals surface area contributed by atoms with E-state index in [9.17, 15) is 52.7 Å². The Balaban J connectivity index is 2.92. The Bertz CT molecular complexity index is 1050. The van der Waals surface area contributed by atoms with E-state index in [4.69, 9.17) is 4.52 Å². The zero-order chi connectivity index (χ0) is 31.9. The lowest BCUT2D eigenvalue weighted by Gasteiger charge is -2.35. The molecule has 0 N–H and O–H groups in total. The molecule has 0 saturated carbocycles. The molecule has 0 aliphatic heterocycles. The van der Waals surface area contributed by atoms with Gasteiger partial charge in [-0.25, -0.2) is 0 Å². The predicted molar refractivity (Wildman–Crippen MR) is 136 cm³/mol. The van der Waals surface area contributed by atoms with E-state index in [1.165, 1.54) is 18.7 Å². The van der Waals surface area contributed by atoms with Gasteiger partial charge in [0.2, 0.25) is 0 Å². The summed E-state index contributed by atoms with van der Waals surface area (Å²) in [5.74, 6) is -0.203. The molecule has 2 aromatic rings. The molecular formula is C26H27F12OPS. The minimum absolute atomic E-state index is 0.180. The fraction of sp³-hybridized carbons (Fsp3) is 0.538. The van der Waals surface area contributed by atoms with E-state index in [1.807, 2.05) is 20.8 Å². The Morgan fingerprint density at radius 1 is 0.561 bits per heavy atom. The van der Waals surface area contributed by atoms with E-state index < -0.39 is 81.8 Å². The summed E-state index contributed by atoms with van der Waals surface area (Å²) >= 11 is 1.35. The maximum Gasteiger partial charge on any atom is 0.416 e. The third-order valence-corrected chi connectivity index (χ3v) is 9.40. The van der Waals surface area contributed by atoms with Gasteiger partial charge in [-0.2, -0.15) is 52.7 Å². The molecule has 0 aromatic heterocycles. The first-order valence-corrected chi connectivity index (χ1v) is 14.1. The highest BCUT2D eigenvalue weighted by Crippen LogP contribution is 2.46. The van der Waals surface area contributed by atoms with Crippen molar-refractivity contribution in [1.29, 1.82) is 0 Å². The van der Waals surface area contributed by atoms with Gasteiger partial charge in [0.05, 0.1) is 36.5 Å². The molecule has 0 bridgehead atoms. The van der Waals surface area contributed by atoms with Crippen LogP contribution in [-0.4, -0.2) is 16.1 Å². The lowest BCUT2D eigenvalue weighted by Crippen LogP contribution is -2.33. The van der Waals surface area contributed by atoms with Gasteiger partial charge in [0, 0.05) is 20.6 Å². The monoisotopic (exact) mass is 646 g/mol. The average Bonchev–Trinajstić information content (AvgIpc) is 2.77. The summed E-state index contributed by atoms with van der Waals surface area (Å²) in [6.07, 6.45) is -22.3. The lowest BCUT2D eigenvalue weighted by molar-refractivity contribution is -0.144. The maximum absolute atomic E-state index is 13.6. The van der Waals surface area contributed by atoms with Gasteiger partial charge >= 0.3 is 24.7 Å². The van der Waals surface area contributed by atoms with Crippen molar-refractivity contribution in [2.75, 3.05) is 0 Å². The predicted octanol–water partition coefficient (Wildman–Crippen LogP) is 10.1. The van der Waals surface area contributed by atoms with Crippen molar-refractivity contribution in [3.63, 3.8) is 0 Å². The largest absolute Gasteiger partial charge is 0.416 e. The van der Waals surface area contributed by atoms with Crippen LogP contribution in [0.5, 0.6) is 0 Å². The van der Waals surface area contributed by atoms with Gasteiger partial charge in [-0.3, -0.25) is 0 Å². The van der Waals surface area contributed by atoms with E-state index >= 15 is 0 Å². The number of thioether (sulfide) groups is 1. The number of alkyl halides is 12. The third-order valence-electron chi connectivity index (χ3n) is 5.49. The van der Waals surface area contributed by atoms with Crippen molar-refractivity contribution in [3.05, 3.63) is 58.7 Å². The molecule has 2 atom stereocenters. The fourth-order valence-corrected chi connectivity index (χ4v) is 7.24. The first-order chi connectivity index (χ1) is 18.2. The minimum Gasteiger partial charge on any atom is -0.346 e. The number of hydrogen-bond donors (Lipinski definition) is 0. The molecule has 15 heteroatoms. The summed E-state index contributed by atoms with van der Waals surface area (Å²) < 4.78 is 169. The molecule has 1 nitrogen and oxygen atoms in total. The number of halogens is 12. The molecular weight excluding hydrogens is 619 g/mol. The van der Waals surface area contributed by atoms with Gasteiger partial charge < -0.3 is 4.52 Å². The molecule has 0 aliphatic carbocycles. The van der Waals surface area contributed by atoms with Crippen LogP contribution >= 0.6 is 19.9 Å². The van der Waals surface area contributed by atoms with Crippen LogP contribution in [-0.2, 0) is 29.2 Å². The molecule has 2 aromatic carbocycles. The summed E-state index contributed by atoms with van der Waals surface area (Å²) in [6, 6.07) is 0.704. The summed E-state index contributed by atoms with van der Waals surface area (Å²) in [4.78, 5) is 0. The van der Waals surface area contributed by atoms with Crippen LogP contribution in [0.4, 0.5) is 52.7 Å². The highest BCUT2D eigenvalue weighted by atomic mass is 32.2. The second-order valence-corrected chi connectivity index (χ2v) is 14.4. The van der Waals surface area contributed by atoms with Gasteiger partial charge in [-0.05, 0) is 49.2 Å². The standard InChI is InChI=1S/C26H27F12OPS/c1-13(2)21(41-22(4,5)6)14(3)39-40(19-9-15(23(27,28)29)7-16(10-19)24(30,31)32)20-11-17(25(33,34)35)8-18(12-20)26(36,37)38/h7-14,21H,1-6H3/t14-,21+/m0/s1. The van der Waals surface area contributed by atoms with Crippen LogP contribution < -0.4 is 10.6 Å². The third kappa shape index (κ3) is 9.95. The van der Waals surface area contributed by atoms with Crippen molar-refractivity contribution >= 4 is 30.5 Å². The zero-order valence-corrected chi connectivity index (χ0v) is 24.2. The van der Waals surface area contributed by atoms with Crippen LogP contribution in [0.25, 0.3) is 0 Å². The van der Waals surface area contributed by atoms with E-state index in [0.717, 1.165) is 0 Å². The minimum atomic E-state index is -5.31. The van der Waals surface area contributed by atoms with Crippen LogP contribution in [0.1, 0.15) is 63.8 Å². The second-order valence-electron chi connectivity index (χ2n) is 10.6. The van der Waals surface area contributed by atoms with Crippen LogP contribution in [0.3, 0.4) is 0 Å². The van der Waals surface area contributed by atoms with Gasteiger partial charge in [0.25, 0.3) is 0 Å². The summed E-state index contributed by atoms with van der Waals surface area (Å²) in [5.41, 5.74) is -7.12. The van der Waals surface area contributed by atoms with Gasteiger partial charge in [-0.15, -0.1) is 11.8 Å². The Kier molecular flexibility index (Phi) is 10.5. The summed E-state index contributed by atoms with van der Waals surface area (Å²) in [7, 11) is -3.06. The van der Waals surface area contributed by atoms with E-state index in [2.05, 4.69) is 0 Å². The highest BCUT2D eigenvalue weighted by molar-refractivity contribution is 8.01. The Labute approximate surface area is 234 Å². The first-order valence-electron chi connectivity index (χ1n) is 11.9. The van der Waals surface area contributed by atoms with Crippen molar-refractivity contribution < 1.29 is 57.2 Å². The van der Waals surface area contributed by atoms with Gasteiger partial charge in [0.15, 0.2) is 0 Å². The smallest absolute Gasteiger partial charge is 0.346 e. The number of hydrogen-bond acceptors (Lipinski definition) is 2. The summed E-state index contributed by atoms with van der Waals surface area (Å²) in [6.45, 7) is 10.4. The molecule has 0 radical (unpaired) electrons. The van der Waals surface area contributed by atoms with Crippen LogP contribution in [0.2, 0.25) is 0 Å². The van der Waals surface area contributed by atoms with Gasteiger partial charge in [0.1, 0.15) is 0 Å². The quantitative estimate of drug-likeness (QED) is 0.219. The molecule has 2 rings (SSSR count). The Morgan fingerprint density at radius 2 is 0.854 bits per heavy atom. The lowest BCUT2D eigenvalue weighted by atomic mass is 10.1. The van der Waals surface area contributed by atoms with Crippen LogP contribution in [0.15, 0.2) is 36.4 Å². The molecule has 0 unspecified atom stereocenters. The molecule has 0 fully saturated rings. The highest BCUT2D eigenvalue weighted by Gasteiger charge is 2.41.